The zero-order chi connectivity index (χ0) is 12.4. The third kappa shape index (κ3) is 2.38. The number of ether oxygens (including phenoxy) is 1. The highest BCUT2D eigenvalue weighted by Crippen LogP contribution is 2.28. The number of fused-ring (bicyclic) bond motifs is 1. The van der Waals surface area contributed by atoms with Crippen LogP contribution in [0.2, 0.25) is 0 Å². The zero-order valence-electron chi connectivity index (χ0n) is 11.1. The van der Waals surface area contributed by atoms with Crippen molar-refractivity contribution in [1.82, 2.24) is 10.2 Å². The van der Waals surface area contributed by atoms with E-state index in [-0.39, 0.29) is 0 Å². The van der Waals surface area contributed by atoms with E-state index >= 15 is 0 Å². The molecule has 98 valence electrons. The van der Waals surface area contributed by atoms with Gasteiger partial charge in [-0.3, -0.25) is 0 Å². The minimum atomic E-state index is 0.403. The first-order valence-corrected chi connectivity index (χ1v) is 7.07. The molecule has 2 aliphatic rings. The van der Waals surface area contributed by atoms with E-state index in [2.05, 4.69) is 35.3 Å². The molecule has 0 aliphatic carbocycles. The first-order valence-electron chi connectivity index (χ1n) is 7.07. The summed E-state index contributed by atoms with van der Waals surface area (Å²) in [5, 5.41) is 3.39. The summed E-state index contributed by atoms with van der Waals surface area (Å²) in [7, 11) is 0. The van der Waals surface area contributed by atoms with Crippen LogP contribution < -0.4 is 10.1 Å². The third-order valence-corrected chi connectivity index (χ3v) is 4.12. The summed E-state index contributed by atoms with van der Waals surface area (Å²) in [6.07, 6.45) is 2.72. The van der Waals surface area contributed by atoms with Gasteiger partial charge in [-0.25, -0.2) is 0 Å². The van der Waals surface area contributed by atoms with Crippen molar-refractivity contribution in [3.63, 3.8) is 0 Å². The highest BCUT2D eigenvalue weighted by Gasteiger charge is 2.22. The second-order valence-corrected chi connectivity index (χ2v) is 5.25. The quantitative estimate of drug-likeness (QED) is 0.884. The molecule has 0 atom stereocenters. The molecule has 1 aromatic carbocycles. The van der Waals surface area contributed by atoms with Crippen molar-refractivity contribution in [3.8, 4) is 5.75 Å². The topological polar surface area (TPSA) is 24.5 Å². The average molecular weight is 246 g/mol. The summed E-state index contributed by atoms with van der Waals surface area (Å²) in [5.74, 6) is 1.10. The molecule has 1 aromatic rings. The number of rotatable bonds is 3. The second-order valence-electron chi connectivity index (χ2n) is 5.25. The van der Waals surface area contributed by atoms with Gasteiger partial charge in [0.05, 0.1) is 0 Å². The summed E-state index contributed by atoms with van der Waals surface area (Å²) in [6.45, 7) is 7.69. The summed E-state index contributed by atoms with van der Waals surface area (Å²) in [5.41, 5.74) is 2.77. The molecule has 2 aliphatic heterocycles. The van der Waals surface area contributed by atoms with Gasteiger partial charge in [0, 0.05) is 31.7 Å². The lowest BCUT2D eigenvalue weighted by Crippen LogP contribution is -2.38. The molecule has 3 rings (SSSR count). The molecule has 18 heavy (non-hydrogen) atoms. The van der Waals surface area contributed by atoms with Gasteiger partial charge in [-0.2, -0.15) is 0 Å². The van der Waals surface area contributed by atoms with Crippen molar-refractivity contribution in [1.29, 1.82) is 0 Å². The Morgan fingerprint density at radius 3 is 2.89 bits per heavy atom. The van der Waals surface area contributed by atoms with E-state index in [1.165, 1.54) is 24.2 Å². The van der Waals surface area contributed by atoms with Crippen LogP contribution in [0.1, 0.15) is 30.9 Å². The van der Waals surface area contributed by atoms with Gasteiger partial charge >= 0.3 is 0 Å². The Labute approximate surface area is 109 Å². The van der Waals surface area contributed by atoms with Crippen LogP contribution in [0.5, 0.6) is 5.75 Å². The fourth-order valence-corrected chi connectivity index (χ4v) is 2.93. The molecule has 2 heterocycles. The van der Waals surface area contributed by atoms with E-state index in [4.69, 9.17) is 4.74 Å². The first kappa shape index (κ1) is 12.0. The molecular weight excluding hydrogens is 224 g/mol. The number of hydrogen-bond acceptors (Lipinski definition) is 3. The zero-order valence-corrected chi connectivity index (χ0v) is 11.1. The highest BCUT2D eigenvalue weighted by molar-refractivity contribution is 5.42. The van der Waals surface area contributed by atoms with Crippen LogP contribution in [0.25, 0.3) is 0 Å². The van der Waals surface area contributed by atoms with Crippen molar-refractivity contribution in [2.45, 2.75) is 39.0 Å². The van der Waals surface area contributed by atoms with Crippen molar-refractivity contribution < 1.29 is 4.74 Å². The number of likely N-dealkylation sites (tertiary alicyclic amines) is 1. The first-order chi connectivity index (χ1) is 8.86. The molecule has 0 aromatic heterocycles. The molecule has 0 amide bonds. The smallest absolute Gasteiger partial charge is 0.124 e. The van der Waals surface area contributed by atoms with E-state index in [0.29, 0.717) is 6.10 Å². The Morgan fingerprint density at radius 1 is 1.28 bits per heavy atom. The maximum absolute atomic E-state index is 6.22. The summed E-state index contributed by atoms with van der Waals surface area (Å²) in [4.78, 5) is 2.50. The number of piperidine rings is 1. The molecule has 3 heteroatoms. The van der Waals surface area contributed by atoms with E-state index < -0.39 is 0 Å². The Bertz CT molecular complexity index is 411. The largest absolute Gasteiger partial charge is 0.490 e. The number of nitrogens with zero attached hydrogens (tertiary/aromatic N) is 1. The molecular formula is C15H22N2O. The monoisotopic (exact) mass is 246 g/mol. The van der Waals surface area contributed by atoms with Crippen LogP contribution in [-0.4, -0.2) is 30.6 Å². The van der Waals surface area contributed by atoms with Gasteiger partial charge in [-0.05, 0) is 31.0 Å². The summed E-state index contributed by atoms with van der Waals surface area (Å²) < 4.78 is 6.22. The third-order valence-electron chi connectivity index (χ3n) is 4.12. The Hall–Kier alpha value is -1.06. The molecule has 3 nitrogen and oxygen atoms in total. The van der Waals surface area contributed by atoms with Crippen molar-refractivity contribution >= 4 is 0 Å². The molecule has 0 unspecified atom stereocenters. The van der Waals surface area contributed by atoms with Crippen LogP contribution in [0.15, 0.2) is 18.2 Å². The maximum atomic E-state index is 6.22. The standard InChI is InChI=1S/C15H22N2O/c1-2-17-8-6-13(7-9-17)18-15-5-3-4-12-10-16-11-14(12)15/h3-5,13,16H,2,6-11H2,1H3. The lowest BCUT2D eigenvalue weighted by atomic mass is 10.1. The molecule has 1 saturated heterocycles. The Kier molecular flexibility index (Phi) is 3.52. The molecule has 0 radical (unpaired) electrons. The average Bonchev–Trinajstić information content (AvgIpc) is 2.89. The predicted molar refractivity (Wildman–Crippen MR) is 72.7 cm³/mol. The van der Waals surface area contributed by atoms with E-state index in [0.717, 1.165) is 38.2 Å². The minimum Gasteiger partial charge on any atom is -0.490 e. The number of nitrogens with one attached hydrogen (secondary N) is 1. The fourth-order valence-electron chi connectivity index (χ4n) is 2.93. The minimum absolute atomic E-state index is 0.403. The molecule has 1 fully saturated rings. The van der Waals surface area contributed by atoms with Gasteiger partial charge in [0.2, 0.25) is 0 Å². The number of benzene rings is 1. The number of hydrogen-bond donors (Lipinski definition) is 1. The normalized spacial score (nSPS) is 20.9. The Morgan fingerprint density at radius 2 is 2.11 bits per heavy atom. The van der Waals surface area contributed by atoms with Gasteiger partial charge in [-0.15, -0.1) is 0 Å². The summed E-state index contributed by atoms with van der Waals surface area (Å²) >= 11 is 0. The Balaban J connectivity index is 1.65. The van der Waals surface area contributed by atoms with Crippen molar-refractivity contribution in [2.24, 2.45) is 0 Å². The van der Waals surface area contributed by atoms with Crippen LogP contribution >= 0.6 is 0 Å². The molecule has 1 N–H and O–H groups in total. The van der Waals surface area contributed by atoms with Crippen LogP contribution in [0.4, 0.5) is 0 Å². The highest BCUT2D eigenvalue weighted by atomic mass is 16.5. The van der Waals surface area contributed by atoms with Crippen molar-refractivity contribution in [2.75, 3.05) is 19.6 Å². The van der Waals surface area contributed by atoms with E-state index in [9.17, 15) is 0 Å². The SMILES string of the molecule is CCN1CCC(Oc2cccc3c2CNC3)CC1. The fraction of sp³-hybridized carbons (Fsp3) is 0.600. The van der Waals surface area contributed by atoms with E-state index in [1.54, 1.807) is 0 Å². The molecule has 0 saturated carbocycles. The van der Waals surface area contributed by atoms with Crippen LogP contribution in [0, 0.1) is 0 Å². The summed E-state index contributed by atoms with van der Waals surface area (Å²) in [6, 6.07) is 6.43. The van der Waals surface area contributed by atoms with Crippen LogP contribution in [0.3, 0.4) is 0 Å². The van der Waals surface area contributed by atoms with Crippen molar-refractivity contribution in [3.05, 3.63) is 29.3 Å². The second kappa shape index (κ2) is 5.29. The van der Waals surface area contributed by atoms with E-state index in [1.807, 2.05) is 0 Å². The van der Waals surface area contributed by atoms with Crippen LogP contribution in [-0.2, 0) is 13.1 Å². The van der Waals surface area contributed by atoms with Gasteiger partial charge in [-0.1, -0.05) is 19.1 Å². The maximum Gasteiger partial charge on any atom is 0.124 e. The van der Waals surface area contributed by atoms with Gasteiger partial charge in [0.1, 0.15) is 11.9 Å². The molecule has 0 bridgehead atoms. The van der Waals surface area contributed by atoms with Gasteiger partial charge in [0.25, 0.3) is 0 Å². The van der Waals surface area contributed by atoms with Gasteiger partial charge in [0.15, 0.2) is 0 Å². The molecule has 0 spiro atoms. The lowest BCUT2D eigenvalue weighted by molar-refractivity contribution is 0.103. The lowest BCUT2D eigenvalue weighted by Gasteiger charge is -2.31. The van der Waals surface area contributed by atoms with Gasteiger partial charge < -0.3 is 15.0 Å². The predicted octanol–water partition coefficient (Wildman–Crippen LogP) is 2.15.